The fourth-order valence-corrected chi connectivity index (χ4v) is 8.55. The van der Waals surface area contributed by atoms with E-state index in [1.165, 1.54) is 12.8 Å². The predicted octanol–water partition coefficient (Wildman–Crippen LogP) is 4.66. The monoisotopic (exact) mass is 928 g/mol. The molecule has 0 radical (unpaired) electrons. The van der Waals surface area contributed by atoms with Crippen LogP contribution in [0.3, 0.4) is 0 Å². The first-order chi connectivity index (χ1) is 32.0. The van der Waals surface area contributed by atoms with Gasteiger partial charge < -0.3 is 52.7 Å². The quantitative estimate of drug-likeness (QED) is 0.0684. The number of morpholine rings is 1. The minimum Gasteiger partial charge on any atom is -0.487 e. The van der Waals surface area contributed by atoms with E-state index in [1.54, 1.807) is 36.6 Å². The zero-order valence-electron chi connectivity index (χ0n) is 37.7. The maximum Gasteiger partial charge on any atom is 0.257 e. The Labute approximate surface area is 385 Å². The van der Waals surface area contributed by atoms with Gasteiger partial charge in [0, 0.05) is 43.2 Å². The minimum absolute atomic E-state index is 0.226. The molecule has 2 aliphatic heterocycles. The molecule has 5 heterocycles. The largest absolute Gasteiger partial charge is 0.487 e. The number of nitrogens with zero attached hydrogens (tertiary/aromatic N) is 9. The van der Waals surface area contributed by atoms with Crippen molar-refractivity contribution < 1.29 is 47.4 Å². The van der Waals surface area contributed by atoms with E-state index in [9.17, 15) is 0 Å². The number of methoxy groups -OCH3 is 1. The molecule has 2 bridgehead atoms. The Morgan fingerprint density at radius 1 is 0.723 bits per heavy atom. The lowest BCUT2D eigenvalue weighted by atomic mass is 9.89. The van der Waals surface area contributed by atoms with Gasteiger partial charge in [-0.15, -0.1) is 10.2 Å². The molecule has 0 spiro atoms. The first-order valence-corrected chi connectivity index (χ1v) is 23.2. The molecular formula is C44H65ClN10O10. The molecule has 0 amide bonds. The highest BCUT2D eigenvalue weighted by atomic mass is 35.5. The Kier molecular flexibility index (Phi) is 20.2. The molecule has 0 unspecified atom stereocenters. The van der Waals surface area contributed by atoms with E-state index >= 15 is 0 Å². The van der Waals surface area contributed by atoms with Gasteiger partial charge in [0.05, 0.1) is 123 Å². The molecule has 65 heavy (non-hydrogen) atoms. The molecule has 2 saturated heterocycles. The van der Waals surface area contributed by atoms with Crippen molar-refractivity contribution >= 4 is 23.2 Å². The maximum absolute atomic E-state index is 6.51. The van der Waals surface area contributed by atoms with E-state index < -0.39 is 0 Å². The fraction of sp³-hybridized carbons (Fsp3) is 0.682. The minimum atomic E-state index is -0.226. The van der Waals surface area contributed by atoms with Crippen LogP contribution < -0.4 is 14.8 Å². The molecule has 3 aliphatic rings. The third-order valence-corrected chi connectivity index (χ3v) is 11.9. The van der Waals surface area contributed by atoms with Crippen molar-refractivity contribution in [2.24, 2.45) is 0 Å². The number of hydrogen-bond donors (Lipinski definition) is 1. The van der Waals surface area contributed by atoms with E-state index in [4.69, 9.17) is 64.1 Å². The second kappa shape index (κ2) is 26.9. The van der Waals surface area contributed by atoms with Gasteiger partial charge in [-0.2, -0.15) is 0 Å². The predicted molar refractivity (Wildman–Crippen MR) is 239 cm³/mol. The zero-order chi connectivity index (χ0) is 44.9. The Balaban J connectivity index is 0.845. The summed E-state index contributed by atoms with van der Waals surface area (Å²) in [5.74, 6) is 1.43. The molecule has 3 atom stereocenters. The van der Waals surface area contributed by atoms with Crippen LogP contribution in [0, 0.1) is 0 Å². The summed E-state index contributed by atoms with van der Waals surface area (Å²) in [6.45, 7) is 10.9. The van der Waals surface area contributed by atoms with Crippen molar-refractivity contribution in [3.63, 3.8) is 0 Å². The Hall–Kier alpha value is -4.09. The smallest absolute Gasteiger partial charge is 0.257 e. The van der Waals surface area contributed by atoms with Crippen LogP contribution in [0.5, 0.6) is 11.6 Å². The van der Waals surface area contributed by atoms with Gasteiger partial charge in [-0.25, -0.2) is 14.6 Å². The summed E-state index contributed by atoms with van der Waals surface area (Å²) in [5, 5.41) is 20.1. The van der Waals surface area contributed by atoms with Gasteiger partial charge in [0.1, 0.15) is 30.5 Å². The summed E-state index contributed by atoms with van der Waals surface area (Å²) >= 11 is 6.51. The molecule has 20 nitrogen and oxygen atoms in total. The van der Waals surface area contributed by atoms with Crippen molar-refractivity contribution in [1.29, 1.82) is 0 Å². The number of nitrogens with one attached hydrogen (secondary N) is 1. The number of aromatic nitrogens is 8. The lowest BCUT2D eigenvalue weighted by Gasteiger charge is -2.43. The summed E-state index contributed by atoms with van der Waals surface area (Å²) in [5.41, 5.74) is 2.35. The third kappa shape index (κ3) is 15.5. The molecule has 3 fully saturated rings. The normalized spacial score (nSPS) is 20.3. The van der Waals surface area contributed by atoms with Gasteiger partial charge >= 0.3 is 0 Å². The molecule has 21 heteroatoms. The highest BCUT2D eigenvalue weighted by Crippen LogP contribution is 2.40. The van der Waals surface area contributed by atoms with E-state index in [0.717, 1.165) is 50.0 Å². The Bertz CT molecular complexity index is 1910. The zero-order valence-corrected chi connectivity index (χ0v) is 38.4. The second-order valence-electron chi connectivity index (χ2n) is 16.2. The van der Waals surface area contributed by atoms with Gasteiger partial charge in [-0.1, -0.05) is 17.7 Å². The molecular weight excluding hydrogens is 864 g/mol. The Morgan fingerprint density at radius 2 is 1.29 bits per heavy atom. The van der Waals surface area contributed by atoms with Crippen molar-refractivity contribution in [1.82, 2.24) is 44.9 Å². The molecule has 4 aromatic rings. The summed E-state index contributed by atoms with van der Waals surface area (Å²) in [6.07, 6.45) is 13.7. The van der Waals surface area contributed by atoms with Crippen LogP contribution >= 0.6 is 11.6 Å². The third-order valence-electron chi connectivity index (χ3n) is 11.5. The van der Waals surface area contributed by atoms with Crippen LogP contribution in [0.25, 0.3) is 11.1 Å². The lowest BCUT2D eigenvalue weighted by Crippen LogP contribution is -2.52. The molecule has 1 N–H and O–H groups in total. The van der Waals surface area contributed by atoms with E-state index in [2.05, 4.69) is 35.7 Å². The lowest BCUT2D eigenvalue weighted by molar-refractivity contribution is -0.0458. The van der Waals surface area contributed by atoms with Crippen LogP contribution in [0.2, 0.25) is 5.02 Å². The number of benzene rings is 1. The number of fused-ring (bicyclic) bond motifs is 2. The molecule has 3 aromatic heterocycles. The van der Waals surface area contributed by atoms with Gasteiger partial charge in [0.15, 0.2) is 0 Å². The van der Waals surface area contributed by atoms with Gasteiger partial charge in [-0.05, 0) is 73.6 Å². The first kappa shape index (κ1) is 48.8. The van der Waals surface area contributed by atoms with Crippen LogP contribution in [0.15, 0.2) is 43.1 Å². The van der Waals surface area contributed by atoms with E-state index in [-0.39, 0.29) is 12.1 Å². The topological polar surface area (TPSA) is 195 Å². The van der Waals surface area contributed by atoms with Crippen molar-refractivity contribution in [3.05, 3.63) is 48.1 Å². The highest BCUT2D eigenvalue weighted by Gasteiger charge is 2.42. The summed E-state index contributed by atoms with van der Waals surface area (Å²) in [4.78, 5) is 12.1. The first-order valence-electron chi connectivity index (χ1n) is 22.8. The standard InChI is InChI=1S/C44H65ClN10O10/c1-33(28-53-32-48-51-52-53)65-42-25-34(3-10-40(42)45)35-26-46-44(47-27-35)49-41-29-54(36-4-6-37(7-5-36)55-38-8-9-39(55)31-63-30-38)50-43(41)64-24-23-62-22-21-61-20-19-60-18-17-59-16-15-58-14-13-57-12-11-56-2/h3,10,25-27,29,32-33,36-39H,4-9,11-24,28,30-31H2,1-2H3,(H,46,47,49)/t33-,36?,37?,38-,39+/m0/s1. The van der Waals surface area contributed by atoms with E-state index in [1.807, 2.05) is 29.9 Å². The molecule has 1 saturated carbocycles. The second-order valence-corrected chi connectivity index (χ2v) is 16.6. The van der Waals surface area contributed by atoms with Crippen LogP contribution in [-0.4, -0.2) is 182 Å². The van der Waals surface area contributed by atoms with E-state index in [0.29, 0.717) is 145 Å². The van der Waals surface area contributed by atoms with Crippen LogP contribution in [0.1, 0.15) is 51.5 Å². The SMILES string of the molecule is COCCOCCOCCOCCOCCOCCOCCOc1nn(C2CCC(N3[C@@H]4CC[C@H]3COC4)CC2)cc1Nc1ncc(-c2ccc(Cl)c(O[C@@H](C)Cn3cnnn3)c2)cn1. The molecule has 358 valence electrons. The summed E-state index contributed by atoms with van der Waals surface area (Å²) in [7, 11) is 1.65. The Morgan fingerprint density at radius 3 is 1.88 bits per heavy atom. The van der Waals surface area contributed by atoms with Gasteiger partial charge in [-0.3, -0.25) is 9.58 Å². The number of halogens is 1. The van der Waals surface area contributed by atoms with Crippen molar-refractivity contribution in [2.45, 2.75) is 82.3 Å². The number of hydrogen-bond acceptors (Lipinski definition) is 18. The average molecular weight is 930 g/mol. The van der Waals surface area contributed by atoms with Crippen molar-refractivity contribution in [3.8, 4) is 22.8 Å². The number of anilines is 2. The number of tetrazole rings is 1. The van der Waals surface area contributed by atoms with Crippen LogP contribution in [-0.2, 0) is 44.4 Å². The van der Waals surface area contributed by atoms with Gasteiger partial charge in [0.2, 0.25) is 5.95 Å². The van der Waals surface area contributed by atoms with Crippen LogP contribution in [0.4, 0.5) is 11.6 Å². The average Bonchev–Trinajstić information content (AvgIpc) is 4.05. The molecule has 7 rings (SSSR count). The van der Waals surface area contributed by atoms with Crippen molar-refractivity contribution in [2.75, 3.05) is 118 Å². The number of ether oxygens (including phenoxy) is 10. The van der Waals surface area contributed by atoms with Gasteiger partial charge in [0.25, 0.3) is 5.88 Å². The summed E-state index contributed by atoms with van der Waals surface area (Å²) in [6, 6.07) is 7.57. The summed E-state index contributed by atoms with van der Waals surface area (Å²) < 4.78 is 60.2. The fourth-order valence-electron chi connectivity index (χ4n) is 8.39. The molecule has 1 aliphatic carbocycles. The maximum atomic E-state index is 6.51. The molecule has 1 aromatic carbocycles. The number of rotatable bonds is 31. The highest BCUT2D eigenvalue weighted by molar-refractivity contribution is 6.32.